The Kier molecular flexibility index (Phi) is 6.23. The average molecular weight is 303 g/mol. The van der Waals surface area contributed by atoms with Crippen molar-refractivity contribution in [1.29, 1.82) is 0 Å². The largest absolute Gasteiger partial charge is 0.494 e. The van der Waals surface area contributed by atoms with E-state index >= 15 is 0 Å². The quantitative estimate of drug-likeness (QED) is 0.926. The summed E-state index contributed by atoms with van der Waals surface area (Å²) in [6, 6.07) is 4.54. The average Bonchev–Trinajstić information content (AvgIpc) is 2.86. The van der Waals surface area contributed by atoms with E-state index in [1.807, 2.05) is 11.9 Å². The molecule has 0 aliphatic carbocycles. The number of halogens is 2. The first-order chi connectivity index (χ1) is 9.17. The fraction of sp³-hybridized carbons (Fsp3) is 0.500. The Morgan fingerprint density at radius 1 is 1.55 bits per heavy atom. The maximum atomic E-state index is 13.6. The van der Waals surface area contributed by atoms with Crippen molar-refractivity contribution in [1.82, 2.24) is 10.2 Å². The zero-order chi connectivity index (χ0) is 13.8. The summed E-state index contributed by atoms with van der Waals surface area (Å²) >= 11 is 0. The zero-order valence-corrected chi connectivity index (χ0v) is 12.5. The number of amides is 1. The van der Waals surface area contributed by atoms with Crippen LogP contribution in [0.2, 0.25) is 0 Å². The van der Waals surface area contributed by atoms with Crippen LogP contribution in [0.1, 0.15) is 23.2 Å². The summed E-state index contributed by atoms with van der Waals surface area (Å²) in [4.78, 5) is 14.2. The molecular weight excluding hydrogens is 283 g/mol. The molecule has 0 aromatic heterocycles. The Hall–Kier alpha value is -1.33. The number of ether oxygens (including phenoxy) is 1. The van der Waals surface area contributed by atoms with Crippen LogP contribution in [0.15, 0.2) is 18.2 Å². The number of hydrogen-bond donors (Lipinski definition) is 1. The topological polar surface area (TPSA) is 41.6 Å². The highest BCUT2D eigenvalue weighted by molar-refractivity contribution is 5.94. The maximum absolute atomic E-state index is 13.6. The van der Waals surface area contributed by atoms with Gasteiger partial charge >= 0.3 is 0 Å². The van der Waals surface area contributed by atoms with Gasteiger partial charge in [0.05, 0.1) is 7.11 Å². The molecule has 1 heterocycles. The first-order valence-corrected chi connectivity index (χ1v) is 6.46. The Morgan fingerprint density at radius 3 is 2.90 bits per heavy atom. The van der Waals surface area contributed by atoms with Crippen LogP contribution in [0.5, 0.6) is 5.75 Å². The smallest absolute Gasteiger partial charge is 0.254 e. The van der Waals surface area contributed by atoms with E-state index in [-0.39, 0.29) is 30.1 Å². The zero-order valence-electron chi connectivity index (χ0n) is 11.7. The first-order valence-electron chi connectivity index (χ1n) is 6.46. The highest BCUT2D eigenvalue weighted by atomic mass is 35.5. The van der Waals surface area contributed by atoms with Gasteiger partial charge in [0, 0.05) is 24.7 Å². The van der Waals surface area contributed by atoms with Crippen molar-refractivity contribution in [3.05, 3.63) is 29.6 Å². The van der Waals surface area contributed by atoms with Crippen molar-refractivity contribution >= 4 is 18.3 Å². The number of rotatable bonds is 4. The van der Waals surface area contributed by atoms with E-state index in [1.165, 1.54) is 19.2 Å². The second-order valence-corrected chi connectivity index (χ2v) is 4.70. The second-order valence-electron chi connectivity index (χ2n) is 4.70. The number of benzene rings is 1. The molecule has 4 nitrogen and oxygen atoms in total. The molecule has 1 saturated heterocycles. The lowest BCUT2D eigenvalue weighted by molar-refractivity contribution is 0.0736. The van der Waals surface area contributed by atoms with Gasteiger partial charge in [-0.25, -0.2) is 4.39 Å². The third-order valence-electron chi connectivity index (χ3n) is 3.48. The molecule has 0 spiro atoms. The third-order valence-corrected chi connectivity index (χ3v) is 3.48. The predicted molar refractivity (Wildman–Crippen MR) is 78.2 cm³/mol. The van der Waals surface area contributed by atoms with Gasteiger partial charge in [-0.3, -0.25) is 4.79 Å². The molecule has 0 bridgehead atoms. The summed E-state index contributed by atoms with van der Waals surface area (Å²) in [6.07, 6.45) is 1.99. The van der Waals surface area contributed by atoms with Crippen molar-refractivity contribution in [2.24, 2.45) is 0 Å². The van der Waals surface area contributed by atoms with Crippen molar-refractivity contribution in [2.75, 3.05) is 27.2 Å². The van der Waals surface area contributed by atoms with E-state index in [0.717, 1.165) is 25.9 Å². The molecule has 6 heteroatoms. The van der Waals surface area contributed by atoms with Crippen LogP contribution in [0.3, 0.4) is 0 Å². The van der Waals surface area contributed by atoms with Crippen LogP contribution < -0.4 is 10.1 Å². The molecule has 1 aliphatic rings. The van der Waals surface area contributed by atoms with Crippen LogP contribution in [0.25, 0.3) is 0 Å². The highest BCUT2D eigenvalue weighted by Gasteiger charge is 2.29. The first kappa shape index (κ1) is 16.7. The van der Waals surface area contributed by atoms with Gasteiger partial charge in [0.2, 0.25) is 0 Å². The Morgan fingerprint density at radius 2 is 2.30 bits per heavy atom. The number of nitrogens with zero attached hydrogens (tertiary/aromatic N) is 1. The number of hydrogen-bond acceptors (Lipinski definition) is 3. The van der Waals surface area contributed by atoms with Gasteiger partial charge in [-0.1, -0.05) is 0 Å². The van der Waals surface area contributed by atoms with E-state index < -0.39 is 5.82 Å². The minimum absolute atomic E-state index is 0. The van der Waals surface area contributed by atoms with Crippen LogP contribution in [0.4, 0.5) is 4.39 Å². The minimum atomic E-state index is -0.502. The molecule has 1 amide bonds. The minimum Gasteiger partial charge on any atom is -0.494 e. The summed E-state index contributed by atoms with van der Waals surface area (Å²) in [6.45, 7) is 1.50. The summed E-state index contributed by atoms with van der Waals surface area (Å²) in [7, 11) is 3.28. The summed E-state index contributed by atoms with van der Waals surface area (Å²) in [5, 5.41) is 3.09. The number of carbonyl (C=O) groups excluding carboxylic acids is 1. The number of likely N-dealkylation sites (tertiary alicyclic amines) is 1. The number of methoxy groups -OCH3 is 1. The van der Waals surface area contributed by atoms with E-state index in [0.29, 0.717) is 5.56 Å². The van der Waals surface area contributed by atoms with Crippen molar-refractivity contribution < 1.29 is 13.9 Å². The number of carbonyl (C=O) groups is 1. The van der Waals surface area contributed by atoms with E-state index in [1.54, 1.807) is 6.07 Å². The monoisotopic (exact) mass is 302 g/mol. The van der Waals surface area contributed by atoms with Crippen LogP contribution in [-0.4, -0.2) is 44.1 Å². The third kappa shape index (κ3) is 3.41. The lowest BCUT2D eigenvalue weighted by atomic mass is 10.1. The van der Waals surface area contributed by atoms with E-state index in [9.17, 15) is 9.18 Å². The predicted octanol–water partition coefficient (Wildman–Crippen LogP) is 2.08. The van der Waals surface area contributed by atoms with Gasteiger partial charge < -0.3 is 15.0 Å². The SMILES string of the molecule is CNCC1CCCN1C(=O)c1ccc(OC)c(F)c1.Cl. The molecule has 0 saturated carbocycles. The van der Waals surface area contributed by atoms with Crippen molar-refractivity contribution in [3.63, 3.8) is 0 Å². The Balaban J connectivity index is 0.00000200. The lowest BCUT2D eigenvalue weighted by Gasteiger charge is -2.24. The van der Waals surface area contributed by atoms with Crippen LogP contribution >= 0.6 is 12.4 Å². The van der Waals surface area contributed by atoms with E-state index in [2.05, 4.69) is 5.32 Å². The molecule has 1 fully saturated rings. The standard InChI is InChI=1S/C14H19FN2O2.ClH/c1-16-9-11-4-3-7-17(11)14(18)10-5-6-13(19-2)12(15)8-10;/h5-6,8,11,16H,3-4,7,9H2,1-2H3;1H. The second kappa shape index (κ2) is 7.45. The van der Waals surface area contributed by atoms with Crippen molar-refractivity contribution in [2.45, 2.75) is 18.9 Å². The number of likely N-dealkylation sites (N-methyl/N-ethyl adjacent to an activating group) is 1. The Labute approximate surface area is 124 Å². The van der Waals surface area contributed by atoms with Crippen LogP contribution in [0, 0.1) is 5.82 Å². The van der Waals surface area contributed by atoms with Gasteiger partial charge in [0.1, 0.15) is 0 Å². The fourth-order valence-corrected chi connectivity index (χ4v) is 2.52. The summed E-state index contributed by atoms with van der Waals surface area (Å²) in [5.74, 6) is -0.457. The van der Waals surface area contributed by atoms with Gasteiger partial charge in [0.25, 0.3) is 5.91 Å². The normalized spacial score (nSPS) is 17.8. The van der Waals surface area contributed by atoms with E-state index in [4.69, 9.17) is 4.74 Å². The van der Waals surface area contributed by atoms with Gasteiger partial charge in [-0.2, -0.15) is 0 Å². The highest BCUT2D eigenvalue weighted by Crippen LogP contribution is 2.22. The van der Waals surface area contributed by atoms with Gasteiger partial charge in [-0.05, 0) is 38.1 Å². The fourth-order valence-electron chi connectivity index (χ4n) is 2.52. The molecule has 1 aromatic rings. The molecule has 1 atom stereocenters. The molecular formula is C14H20ClFN2O2. The molecule has 1 N–H and O–H groups in total. The lowest BCUT2D eigenvalue weighted by Crippen LogP contribution is -2.40. The Bertz CT molecular complexity index is 470. The van der Waals surface area contributed by atoms with Gasteiger partial charge in [-0.15, -0.1) is 12.4 Å². The molecule has 1 aromatic carbocycles. The van der Waals surface area contributed by atoms with Gasteiger partial charge in [0.15, 0.2) is 11.6 Å². The molecule has 2 rings (SSSR count). The number of nitrogens with one attached hydrogen (secondary N) is 1. The summed E-state index contributed by atoms with van der Waals surface area (Å²) in [5.41, 5.74) is 0.376. The molecule has 112 valence electrons. The van der Waals surface area contributed by atoms with Crippen LogP contribution in [-0.2, 0) is 0 Å². The summed E-state index contributed by atoms with van der Waals surface area (Å²) < 4.78 is 18.5. The maximum Gasteiger partial charge on any atom is 0.254 e. The molecule has 0 radical (unpaired) electrons. The van der Waals surface area contributed by atoms with Crippen molar-refractivity contribution in [3.8, 4) is 5.75 Å². The molecule has 1 aliphatic heterocycles. The molecule has 20 heavy (non-hydrogen) atoms. The molecule has 1 unspecified atom stereocenters.